The Morgan fingerprint density at radius 3 is 2.47 bits per heavy atom. The van der Waals surface area contributed by atoms with Crippen LogP contribution < -0.4 is 14.6 Å². The van der Waals surface area contributed by atoms with Crippen molar-refractivity contribution in [1.29, 1.82) is 0 Å². The van der Waals surface area contributed by atoms with E-state index in [1.807, 2.05) is 110 Å². The summed E-state index contributed by atoms with van der Waals surface area (Å²) in [6, 6.07) is 32.3. The Morgan fingerprint density at radius 1 is 0.943 bits per heavy atom. The van der Waals surface area contributed by atoms with Crippen molar-refractivity contribution in [3.05, 3.63) is 149 Å². The Labute approximate surface area is 308 Å². The number of hydrogen-bond donors (Lipinski definition) is 2. The van der Waals surface area contributed by atoms with E-state index >= 15 is 0 Å². The summed E-state index contributed by atoms with van der Waals surface area (Å²) in [7, 11) is 1.55. The van der Waals surface area contributed by atoms with Crippen molar-refractivity contribution in [1.82, 2.24) is 15.0 Å². The van der Waals surface area contributed by atoms with Gasteiger partial charge in [0.15, 0.2) is 5.60 Å². The summed E-state index contributed by atoms with van der Waals surface area (Å²) < 4.78 is 7.23. The lowest BCUT2D eigenvalue weighted by Crippen LogP contribution is -2.44. The Morgan fingerprint density at radius 2 is 1.72 bits per heavy atom. The lowest BCUT2D eigenvalue weighted by atomic mass is 9.83. The van der Waals surface area contributed by atoms with Crippen LogP contribution in [0.3, 0.4) is 0 Å². The summed E-state index contributed by atoms with van der Waals surface area (Å²) in [5, 5.41) is 37.0. The summed E-state index contributed by atoms with van der Waals surface area (Å²) in [4.78, 5) is 28.9. The van der Waals surface area contributed by atoms with Crippen LogP contribution in [0, 0.1) is 5.92 Å². The molecular weight excluding hydrogens is 668 g/mol. The van der Waals surface area contributed by atoms with Gasteiger partial charge in [-0.3, -0.25) is 14.3 Å². The van der Waals surface area contributed by atoms with E-state index in [1.165, 1.54) is 5.01 Å². The van der Waals surface area contributed by atoms with Crippen molar-refractivity contribution in [3.63, 3.8) is 0 Å². The summed E-state index contributed by atoms with van der Waals surface area (Å²) in [5.41, 5.74) is 4.07. The van der Waals surface area contributed by atoms with Crippen LogP contribution in [-0.2, 0) is 28.3 Å². The van der Waals surface area contributed by atoms with Crippen molar-refractivity contribution in [2.75, 3.05) is 23.6 Å². The number of allylic oxidation sites excluding steroid dienone is 1. The number of methoxy groups -OCH3 is 1. The molecule has 3 heterocycles. The van der Waals surface area contributed by atoms with Crippen molar-refractivity contribution in [2.24, 2.45) is 11.0 Å². The first-order valence-corrected chi connectivity index (χ1v) is 17.8. The van der Waals surface area contributed by atoms with Gasteiger partial charge in [0.2, 0.25) is 5.91 Å². The molecule has 53 heavy (non-hydrogen) atoms. The number of rotatable bonds is 13. The standard InChI is InChI=1S/C42H42N6O5/c1-29(12-9-10-23-46-27-38(43-45-46)35(28-49)31-14-5-3-6-15-31)42(52)36-25-34(53-2)19-21-39(36)47(41(42)51)26-30-13-11-18-33(24-30)48-40(50)22-20-37(44-48)32-16-7-4-8-17-32/h3-9,11-19,21,24-25,27,29,35,49,52H,10,20,22-23,26,28H2,1-2H3/b12-9+/t29-,35?,42+/m1/s1. The zero-order chi connectivity index (χ0) is 37.0. The van der Waals surface area contributed by atoms with Crippen molar-refractivity contribution in [3.8, 4) is 5.75 Å². The van der Waals surface area contributed by atoms with Crippen molar-refractivity contribution < 1.29 is 24.5 Å². The first kappa shape index (κ1) is 35.5. The number of hydrazone groups is 1. The van der Waals surface area contributed by atoms with E-state index in [9.17, 15) is 19.8 Å². The summed E-state index contributed by atoms with van der Waals surface area (Å²) in [6.07, 6.45) is 7.11. The van der Waals surface area contributed by atoms with E-state index in [0.717, 1.165) is 22.4 Å². The third-order valence-corrected chi connectivity index (χ3v) is 10.0. The number of nitrogens with zero attached hydrogens (tertiary/aromatic N) is 6. The average Bonchev–Trinajstić information content (AvgIpc) is 3.75. The zero-order valence-corrected chi connectivity index (χ0v) is 29.7. The Hall–Kier alpha value is -5.91. The number of aryl methyl sites for hydroxylation is 1. The van der Waals surface area contributed by atoms with Gasteiger partial charge in [-0.05, 0) is 53.4 Å². The predicted molar refractivity (Wildman–Crippen MR) is 203 cm³/mol. The molecule has 11 nitrogen and oxygen atoms in total. The van der Waals surface area contributed by atoms with Gasteiger partial charge >= 0.3 is 0 Å². The highest BCUT2D eigenvalue weighted by molar-refractivity contribution is 6.09. The molecule has 3 atom stereocenters. The fraction of sp³-hybridized carbons (Fsp3) is 0.262. The number of anilines is 2. The first-order chi connectivity index (χ1) is 25.8. The molecule has 0 aliphatic carbocycles. The smallest absolute Gasteiger partial charge is 0.264 e. The van der Waals surface area contributed by atoms with Gasteiger partial charge in [0.05, 0.1) is 49.0 Å². The minimum absolute atomic E-state index is 0.0796. The molecule has 2 aliphatic heterocycles. The average molecular weight is 711 g/mol. The highest BCUT2D eigenvalue weighted by Gasteiger charge is 2.52. The quantitative estimate of drug-likeness (QED) is 0.144. The molecule has 270 valence electrons. The molecule has 0 bridgehead atoms. The van der Waals surface area contributed by atoms with Gasteiger partial charge in [0.1, 0.15) is 5.75 Å². The maximum atomic E-state index is 14.3. The summed E-state index contributed by atoms with van der Waals surface area (Å²) in [6.45, 7) is 2.45. The number of hydrogen-bond acceptors (Lipinski definition) is 8. The van der Waals surface area contributed by atoms with Crippen LogP contribution in [-0.4, -0.2) is 56.4 Å². The molecule has 2 aliphatic rings. The Bertz CT molecular complexity index is 2150. The van der Waals surface area contributed by atoms with Crippen molar-refractivity contribution in [2.45, 2.75) is 50.8 Å². The van der Waals surface area contributed by atoms with Gasteiger partial charge in [-0.15, -0.1) is 5.10 Å². The summed E-state index contributed by atoms with van der Waals surface area (Å²) >= 11 is 0. The lowest BCUT2D eigenvalue weighted by Gasteiger charge is -2.28. The third kappa shape index (κ3) is 7.13. The Kier molecular flexibility index (Phi) is 10.3. The molecule has 2 amide bonds. The SMILES string of the molecule is COc1ccc2c(c1)[C@@](O)([C@H](C)/C=C/CCn1cc(C(CO)c3ccccc3)nn1)C(=O)N2Cc1cccc(N2N=C(c3ccccc3)CCC2=O)c1. The lowest BCUT2D eigenvalue weighted by molar-refractivity contribution is -0.139. The van der Waals surface area contributed by atoms with Crippen LogP contribution >= 0.6 is 0 Å². The molecule has 0 fully saturated rings. The van der Waals surface area contributed by atoms with E-state index in [0.29, 0.717) is 54.2 Å². The largest absolute Gasteiger partial charge is 0.497 e. The molecule has 2 N–H and O–H groups in total. The molecular formula is C42H42N6O5. The Balaban J connectivity index is 1.08. The van der Waals surface area contributed by atoms with Crippen LogP contribution in [0.5, 0.6) is 5.75 Å². The molecule has 5 aromatic rings. The second-order valence-corrected chi connectivity index (χ2v) is 13.4. The van der Waals surface area contributed by atoms with Crippen LogP contribution in [0.1, 0.15) is 60.1 Å². The van der Waals surface area contributed by atoms with Gasteiger partial charge in [-0.1, -0.05) is 97.1 Å². The van der Waals surface area contributed by atoms with E-state index < -0.39 is 17.4 Å². The maximum Gasteiger partial charge on any atom is 0.264 e. The number of amides is 2. The normalized spacial score (nSPS) is 18.3. The minimum Gasteiger partial charge on any atom is -0.497 e. The van der Waals surface area contributed by atoms with E-state index in [2.05, 4.69) is 10.3 Å². The molecule has 7 rings (SSSR count). The molecule has 0 saturated carbocycles. The molecule has 1 aromatic heterocycles. The highest BCUT2D eigenvalue weighted by Crippen LogP contribution is 2.47. The number of aromatic nitrogens is 3. The van der Waals surface area contributed by atoms with Gasteiger partial charge in [0.25, 0.3) is 5.91 Å². The zero-order valence-electron chi connectivity index (χ0n) is 29.7. The topological polar surface area (TPSA) is 133 Å². The number of fused-ring (bicyclic) bond motifs is 1. The molecule has 0 radical (unpaired) electrons. The molecule has 11 heteroatoms. The fourth-order valence-electron chi connectivity index (χ4n) is 7.06. The monoisotopic (exact) mass is 710 g/mol. The van der Waals surface area contributed by atoms with Gasteiger partial charge in [-0.25, -0.2) is 5.01 Å². The number of carbonyl (C=O) groups is 2. The molecule has 0 saturated heterocycles. The van der Waals surface area contributed by atoms with Gasteiger partial charge in [-0.2, -0.15) is 5.10 Å². The van der Waals surface area contributed by atoms with E-state index in [1.54, 1.807) is 34.9 Å². The fourth-order valence-corrected chi connectivity index (χ4v) is 7.06. The third-order valence-electron chi connectivity index (χ3n) is 10.0. The second kappa shape index (κ2) is 15.4. The number of aliphatic hydroxyl groups is 2. The van der Waals surface area contributed by atoms with E-state index in [4.69, 9.17) is 9.84 Å². The first-order valence-electron chi connectivity index (χ1n) is 17.8. The number of ether oxygens (including phenoxy) is 1. The summed E-state index contributed by atoms with van der Waals surface area (Å²) in [5.74, 6) is -0.865. The van der Waals surface area contributed by atoms with Crippen LogP contribution in [0.2, 0.25) is 0 Å². The van der Waals surface area contributed by atoms with Crippen LogP contribution in [0.15, 0.2) is 127 Å². The van der Waals surface area contributed by atoms with Gasteiger partial charge in [0, 0.05) is 37.1 Å². The van der Waals surface area contributed by atoms with Crippen molar-refractivity contribution >= 4 is 28.9 Å². The molecule has 4 aromatic carbocycles. The minimum atomic E-state index is -1.85. The number of aliphatic hydroxyl groups excluding tert-OH is 1. The van der Waals surface area contributed by atoms with Gasteiger partial charge < -0.3 is 19.8 Å². The predicted octanol–water partition coefficient (Wildman–Crippen LogP) is 5.96. The molecule has 0 spiro atoms. The number of carbonyl (C=O) groups excluding carboxylic acids is 2. The molecule has 1 unspecified atom stereocenters. The van der Waals surface area contributed by atoms with Crippen LogP contribution in [0.25, 0.3) is 0 Å². The second-order valence-electron chi connectivity index (χ2n) is 13.4. The van der Waals surface area contributed by atoms with E-state index in [-0.39, 0.29) is 25.0 Å². The number of benzene rings is 4. The van der Waals surface area contributed by atoms with Crippen LogP contribution in [0.4, 0.5) is 11.4 Å². The highest BCUT2D eigenvalue weighted by atomic mass is 16.5. The maximum absolute atomic E-state index is 14.3.